The molecule has 14 heavy (non-hydrogen) atoms. The van der Waals surface area contributed by atoms with Gasteiger partial charge in [0.2, 0.25) is 0 Å². The summed E-state index contributed by atoms with van der Waals surface area (Å²) in [5, 5.41) is 0.794. The predicted molar refractivity (Wildman–Crippen MR) is 64.6 cm³/mol. The Morgan fingerprint density at radius 1 is 1.14 bits per heavy atom. The van der Waals surface area contributed by atoms with Crippen molar-refractivity contribution >= 4 is 68.1 Å². The zero-order chi connectivity index (χ0) is 10.9. The molecule has 1 nitrogen and oxygen atoms in total. The molecule has 0 aliphatic carbocycles. The lowest BCUT2D eigenvalue weighted by Gasteiger charge is -2.07. The first kappa shape index (κ1) is 12.6. The largest absolute Gasteiger partial charge is 0.293 e. The number of carbonyl (C=O) groups is 1. The van der Waals surface area contributed by atoms with E-state index in [2.05, 4.69) is 15.9 Å². The Bertz CT molecular complexity index is 391. The van der Waals surface area contributed by atoms with E-state index in [1.54, 1.807) is 0 Å². The minimum Gasteiger partial charge on any atom is -0.293 e. The van der Waals surface area contributed by atoms with Crippen molar-refractivity contribution in [2.45, 2.75) is 0 Å². The van der Waals surface area contributed by atoms with Crippen LogP contribution in [0.15, 0.2) is 6.07 Å². The van der Waals surface area contributed by atoms with Gasteiger partial charge in [0, 0.05) is 0 Å². The van der Waals surface area contributed by atoms with E-state index < -0.39 is 0 Å². The van der Waals surface area contributed by atoms with E-state index in [0.29, 0.717) is 0 Å². The van der Waals surface area contributed by atoms with E-state index in [1.165, 1.54) is 6.07 Å². The molecule has 1 aromatic rings. The Morgan fingerprint density at radius 3 is 2.21 bits per heavy atom. The van der Waals surface area contributed by atoms with Gasteiger partial charge >= 0.3 is 0 Å². The predicted octanol–water partition coefficient (Wildman–Crippen LogP) is 4.88. The van der Waals surface area contributed by atoms with Crippen LogP contribution < -0.4 is 0 Å². The van der Waals surface area contributed by atoms with Gasteiger partial charge in [0.1, 0.15) is 0 Å². The molecule has 0 fully saturated rings. The maximum atomic E-state index is 11.4. The molecule has 0 heterocycles. The molecule has 0 spiro atoms. The van der Waals surface area contributed by atoms with E-state index in [4.69, 9.17) is 46.4 Å². The Morgan fingerprint density at radius 2 is 1.71 bits per heavy atom. The Labute approximate surface area is 109 Å². The van der Waals surface area contributed by atoms with Crippen molar-refractivity contribution in [1.29, 1.82) is 0 Å². The highest BCUT2D eigenvalue weighted by Crippen LogP contribution is 2.37. The van der Waals surface area contributed by atoms with Crippen molar-refractivity contribution in [3.05, 3.63) is 31.7 Å². The molecule has 1 rings (SSSR count). The molecule has 0 N–H and O–H groups in total. The second-order valence-corrected chi connectivity index (χ2v) is 4.53. The summed E-state index contributed by atoms with van der Waals surface area (Å²) < 4.78 is 0. The Hall–Kier alpha value is 0.530. The van der Waals surface area contributed by atoms with Crippen LogP contribution in [0.1, 0.15) is 10.4 Å². The SMILES string of the molecule is O=C(CBr)c1c(Cl)cc(Cl)c(Cl)c1Cl. The molecule has 0 saturated heterocycles. The highest BCUT2D eigenvalue weighted by atomic mass is 79.9. The number of benzene rings is 1. The molecule has 0 aliphatic heterocycles. The van der Waals surface area contributed by atoms with Crippen LogP contribution in [0.2, 0.25) is 20.1 Å². The molecule has 0 saturated carbocycles. The van der Waals surface area contributed by atoms with Crippen molar-refractivity contribution in [1.82, 2.24) is 0 Å². The van der Waals surface area contributed by atoms with E-state index in [0.717, 1.165) is 0 Å². The molecule has 76 valence electrons. The van der Waals surface area contributed by atoms with E-state index in [-0.39, 0.29) is 36.8 Å². The minimum absolute atomic E-state index is 0.0913. The van der Waals surface area contributed by atoms with Gasteiger partial charge in [-0.1, -0.05) is 62.3 Å². The van der Waals surface area contributed by atoms with Crippen LogP contribution in [0.4, 0.5) is 0 Å². The van der Waals surface area contributed by atoms with Crippen molar-refractivity contribution in [2.75, 3.05) is 5.33 Å². The Kier molecular flexibility index (Phi) is 4.54. The summed E-state index contributed by atoms with van der Waals surface area (Å²) in [5.74, 6) is -0.237. The molecule has 0 bridgehead atoms. The molecule has 0 unspecified atom stereocenters. The van der Waals surface area contributed by atoms with Crippen LogP contribution in [0, 0.1) is 0 Å². The first-order valence-electron chi connectivity index (χ1n) is 3.41. The van der Waals surface area contributed by atoms with Gasteiger partial charge in [-0.25, -0.2) is 0 Å². The standard InChI is InChI=1S/C8H3BrCl4O/c9-2-5(14)6-3(10)1-4(11)7(12)8(6)13/h1H,2H2. The Balaban J connectivity index is 3.44. The fourth-order valence-corrected chi connectivity index (χ4v) is 2.29. The van der Waals surface area contributed by atoms with Crippen molar-refractivity contribution in [2.24, 2.45) is 0 Å². The van der Waals surface area contributed by atoms with E-state index >= 15 is 0 Å². The maximum absolute atomic E-state index is 11.4. The van der Waals surface area contributed by atoms with Crippen LogP contribution >= 0.6 is 62.3 Å². The summed E-state index contributed by atoms with van der Waals surface area (Å²) in [5.41, 5.74) is 0.194. The van der Waals surface area contributed by atoms with Gasteiger partial charge in [-0.05, 0) is 6.07 Å². The second kappa shape index (κ2) is 5.04. The fraction of sp³-hybridized carbons (Fsp3) is 0.125. The zero-order valence-corrected chi connectivity index (χ0v) is 11.2. The van der Waals surface area contributed by atoms with Crippen molar-refractivity contribution in [3.63, 3.8) is 0 Å². The third-order valence-electron chi connectivity index (χ3n) is 1.51. The number of hydrogen-bond donors (Lipinski definition) is 0. The summed E-state index contributed by atoms with van der Waals surface area (Å²) in [6.45, 7) is 0. The van der Waals surface area contributed by atoms with Crippen LogP contribution in [0.25, 0.3) is 0 Å². The summed E-state index contributed by atoms with van der Waals surface area (Å²) in [7, 11) is 0. The highest BCUT2D eigenvalue weighted by Gasteiger charge is 2.18. The number of alkyl halides is 1. The van der Waals surface area contributed by atoms with Gasteiger partial charge in [-0.15, -0.1) is 0 Å². The average molecular weight is 337 g/mol. The molecule has 6 heteroatoms. The first-order chi connectivity index (χ1) is 6.49. The number of ketones is 1. The lowest BCUT2D eigenvalue weighted by Crippen LogP contribution is -2.02. The van der Waals surface area contributed by atoms with Crippen LogP contribution in [-0.4, -0.2) is 11.1 Å². The second-order valence-electron chi connectivity index (χ2n) is 2.40. The lowest BCUT2D eigenvalue weighted by atomic mass is 10.1. The highest BCUT2D eigenvalue weighted by molar-refractivity contribution is 9.09. The number of hydrogen-bond acceptors (Lipinski definition) is 1. The van der Waals surface area contributed by atoms with E-state index in [1.807, 2.05) is 0 Å². The molecule has 0 aliphatic rings. The van der Waals surface area contributed by atoms with Gasteiger partial charge in [0.15, 0.2) is 5.78 Å². The number of halogens is 5. The van der Waals surface area contributed by atoms with Crippen LogP contribution in [0.3, 0.4) is 0 Å². The summed E-state index contributed by atoms with van der Waals surface area (Å²) in [6, 6.07) is 1.40. The van der Waals surface area contributed by atoms with Gasteiger partial charge in [-0.3, -0.25) is 4.79 Å². The number of Topliss-reactive ketones (excluding diaryl/α,β-unsaturated/α-hetero) is 1. The van der Waals surface area contributed by atoms with Gasteiger partial charge in [0.05, 0.1) is 31.0 Å². The minimum atomic E-state index is -0.237. The third-order valence-corrected chi connectivity index (χ3v) is 3.58. The first-order valence-corrected chi connectivity index (χ1v) is 6.04. The fourth-order valence-electron chi connectivity index (χ4n) is 0.889. The zero-order valence-electron chi connectivity index (χ0n) is 6.58. The molecular formula is C8H3BrCl4O. The van der Waals surface area contributed by atoms with Gasteiger partial charge < -0.3 is 0 Å². The number of carbonyl (C=O) groups excluding carboxylic acids is 1. The summed E-state index contributed by atoms with van der Waals surface area (Å²) in [6.07, 6.45) is 0. The molecule has 1 aromatic carbocycles. The quantitative estimate of drug-likeness (QED) is 0.325. The van der Waals surface area contributed by atoms with Gasteiger partial charge in [0.25, 0.3) is 0 Å². The summed E-state index contributed by atoms with van der Waals surface area (Å²) >= 11 is 26.1. The maximum Gasteiger partial charge on any atom is 0.176 e. The molecular weight excluding hydrogens is 334 g/mol. The summed E-state index contributed by atoms with van der Waals surface area (Å²) in [4.78, 5) is 11.4. The average Bonchev–Trinajstić information content (AvgIpc) is 2.14. The topological polar surface area (TPSA) is 17.1 Å². The molecule has 0 amide bonds. The third kappa shape index (κ3) is 2.37. The molecule has 0 aromatic heterocycles. The van der Waals surface area contributed by atoms with E-state index in [9.17, 15) is 4.79 Å². The lowest BCUT2D eigenvalue weighted by molar-refractivity contribution is 0.102. The molecule has 0 radical (unpaired) electrons. The van der Waals surface area contributed by atoms with Crippen LogP contribution in [-0.2, 0) is 0 Å². The number of rotatable bonds is 2. The van der Waals surface area contributed by atoms with Gasteiger partial charge in [-0.2, -0.15) is 0 Å². The van der Waals surface area contributed by atoms with Crippen molar-refractivity contribution in [3.8, 4) is 0 Å². The van der Waals surface area contributed by atoms with Crippen LogP contribution in [0.5, 0.6) is 0 Å². The normalized spacial score (nSPS) is 10.4. The molecule has 0 atom stereocenters. The van der Waals surface area contributed by atoms with Crippen molar-refractivity contribution < 1.29 is 4.79 Å². The monoisotopic (exact) mass is 334 g/mol. The smallest absolute Gasteiger partial charge is 0.176 e.